The van der Waals surface area contributed by atoms with Gasteiger partial charge in [-0.15, -0.1) is 0 Å². The summed E-state index contributed by atoms with van der Waals surface area (Å²) in [5.41, 5.74) is 2.91. The fraction of sp³-hybridized carbons (Fsp3) is 0.188. The van der Waals surface area contributed by atoms with Crippen molar-refractivity contribution in [1.82, 2.24) is 5.32 Å². The summed E-state index contributed by atoms with van der Waals surface area (Å²) in [5, 5.41) is 12.4. The Balaban J connectivity index is 2.11. The summed E-state index contributed by atoms with van der Waals surface area (Å²) in [7, 11) is 0. The second-order valence-electron chi connectivity index (χ2n) is 4.55. The number of benzene rings is 2. The summed E-state index contributed by atoms with van der Waals surface area (Å²) in [6.07, 6.45) is 0. The van der Waals surface area contributed by atoms with Crippen LogP contribution in [0.3, 0.4) is 0 Å². The van der Waals surface area contributed by atoms with Crippen LogP contribution in [-0.2, 0) is 11.3 Å². The van der Waals surface area contributed by atoms with Crippen LogP contribution in [0, 0.1) is 6.92 Å². The van der Waals surface area contributed by atoms with Gasteiger partial charge in [0.2, 0.25) is 0 Å². The van der Waals surface area contributed by atoms with E-state index in [9.17, 15) is 9.90 Å². The van der Waals surface area contributed by atoms with Crippen LogP contribution in [0.15, 0.2) is 54.6 Å². The molecule has 0 fully saturated rings. The van der Waals surface area contributed by atoms with Gasteiger partial charge in [0.25, 0.3) is 0 Å². The first-order valence-corrected chi connectivity index (χ1v) is 6.23. The molecule has 0 aromatic heterocycles. The largest absolute Gasteiger partial charge is 0.480 e. The molecule has 2 aromatic rings. The first-order valence-electron chi connectivity index (χ1n) is 6.23. The molecule has 2 rings (SSSR count). The van der Waals surface area contributed by atoms with Crippen molar-refractivity contribution in [2.75, 3.05) is 0 Å². The van der Waals surface area contributed by atoms with Gasteiger partial charge in [0.1, 0.15) is 6.04 Å². The van der Waals surface area contributed by atoms with Gasteiger partial charge in [-0.25, -0.2) is 0 Å². The first kappa shape index (κ1) is 13.3. The Labute approximate surface area is 112 Å². The summed E-state index contributed by atoms with van der Waals surface area (Å²) in [6.45, 7) is 2.49. The number of rotatable bonds is 5. The molecule has 2 N–H and O–H groups in total. The monoisotopic (exact) mass is 255 g/mol. The smallest absolute Gasteiger partial charge is 0.325 e. The van der Waals surface area contributed by atoms with Crippen molar-refractivity contribution in [3.05, 3.63) is 71.3 Å². The van der Waals surface area contributed by atoms with Crippen LogP contribution in [-0.4, -0.2) is 11.1 Å². The molecule has 1 unspecified atom stereocenters. The van der Waals surface area contributed by atoms with E-state index >= 15 is 0 Å². The van der Waals surface area contributed by atoms with E-state index in [1.807, 2.05) is 61.5 Å². The molecule has 0 heterocycles. The molecule has 0 aliphatic rings. The molecule has 0 spiro atoms. The SMILES string of the molecule is Cc1cccc(C(NCc2ccccc2)C(=O)O)c1. The minimum absolute atomic E-state index is 0.533. The highest BCUT2D eigenvalue weighted by Crippen LogP contribution is 2.15. The molecule has 0 aliphatic heterocycles. The lowest BCUT2D eigenvalue weighted by Gasteiger charge is -2.15. The van der Waals surface area contributed by atoms with Gasteiger partial charge in [0.05, 0.1) is 0 Å². The summed E-state index contributed by atoms with van der Waals surface area (Å²) >= 11 is 0. The third-order valence-corrected chi connectivity index (χ3v) is 2.98. The van der Waals surface area contributed by atoms with Gasteiger partial charge < -0.3 is 5.11 Å². The third kappa shape index (κ3) is 3.66. The molecule has 0 aliphatic carbocycles. The van der Waals surface area contributed by atoms with Crippen molar-refractivity contribution in [2.45, 2.75) is 19.5 Å². The van der Waals surface area contributed by atoms with Gasteiger partial charge in [0.15, 0.2) is 0 Å². The van der Waals surface area contributed by atoms with Crippen LogP contribution in [0.2, 0.25) is 0 Å². The topological polar surface area (TPSA) is 49.3 Å². The van der Waals surface area contributed by atoms with Gasteiger partial charge in [0, 0.05) is 6.54 Å². The Morgan fingerprint density at radius 1 is 1.16 bits per heavy atom. The lowest BCUT2D eigenvalue weighted by Crippen LogP contribution is -2.28. The number of nitrogens with one attached hydrogen (secondary N) is 1. The molecule has 0 radical (unpaired) electrons. The van der Waals surface area contributed by atoms with Gasteiger partial charge in [-0.05, 0) is 18.1 Å². The Morgan fingerprint density at radius 2 is 1.89 bits per heavy atom. The van der Waals surface area contributed by atoms with E-state index in [4.69, 9.17) is 0 Å². The van der Waals surface area contributed by atoms with Crippen LogP contribution >= 0.6 is 0 Å². The van der Waals surface area contributed by atoms with Gasteiger partial charge in [-0.3, -0.25) is 10.1 Å². The van der Waals surface area contributed by atoms with E-state index < -0.39 is 12.0 Å². The molecule has 0 bridgehead atoms. The highest BCUT2D eigenvalue weighted by Gasteiger charge is 2.18. The maximum atomic E-state index is 11.4. The van der Waals surface area contributed by atoms with E-state index in [-0.39, 0.29) is 0 Å². The molecule has 98 valence electrons. The molecule has 2 aromatic carbocycles. The maximum absolute atomic E-state index is 11.4. The van der Waals surface area contributed by atoms with E-state index in [1.54, 1.807) is 0 Å². The number of carboxylic acid groups (broad SMARTS) is 1. The lowest BCUT2D eigenvalue weighted by molar-refractivity contribution is -0.139. The van der Waals surface area contributed by atoms with Crippen molar-refractivity contribution in [3.63, 3.8) is 0 Å². The normalized spacial score (nSPS) is 12.1. The fourth-order valence-electron chi connectivity index (χ4n) is 2.01. The van der Waals surface area contributed by atoms with Crippen molar-refractivity contribution in [1.29, 1.82) is 0 Å². The van der Waals surface area contributed by atoms with Crippen LogP contribution in [0.4, 0.5) is 0 Å². The summed E-state index contributed by atoms with van der Waals surface area (Å²) in [4.78, 5) is 11.4. The molecular formula is C16H17NO2. The Hall–Kier alpha value is -2.13. The molecule has 0 saturated carbocycles. The second-order valence-corrected chi connectivity index (χ2v) is 4.55. The average Bonchev–Trinajstić information content (AvgIpc) is 2.40. The highest BCUT2D eigenvalue weighted by molar-refractivity contribution is 5.75. The highest BCUT2D eigenvalue weighted by atomic mass is 16.4. The summed E-state index contributed by atoms with van der Waals surface area (Å²) < 4.78 is 0. The Morgan fingerprint density at radius 3 is 2.53 bits per heavy atom. The van der Waals surface area contributed by atoms with Crippen molar-refractivity contribution < 1.29 is 9.90 Å². The summed E-state index contributed by atoms with van der Waals surface area (Å²) in [6, 6.07) is 16.7. The lowest BCUT2D eigenvalue weighted by atomic mass is 10.0. The quantitative estimate of drug-likeness (QED) is 0.863. The Bertz CT molecular complexity index is 552. The van der Waals surface area contributed by atoms with E-state index in [0.29, 0.717) is 6.54 Å². The fourth-order valence-corrected chi connectivity index (χ4v) is 2.01. The first-order chi connectivity index (χ1) is 9.16. The zero-order valence-electron chi connectivity index (χ0n) is 10.8. The molecule has 0 amide bonds. The van der Waals surface area contributed by atoms with Crippen molar-refractivity contribution in [2.24, 2.45) is 0 Å². The van der Waals surface area contributed by atoms with Gasteiger partial charge >= 0.3 is 5.97 Å². The molecule has 19 heavy (non-hydrogen) atoms. The van der Waals surface area contributed by atoms with Crippen molar-refractivity contribution >= 4 is 5.97 Å². The van der Waals surface area contributed by atoms with E-state index in [0.717, 1.165) is 16.7 Å². The maximum Gasteiger partial charge on any atom is 0.325 e. The predicted octanol–water partition coefficient (Wildman–Crippen LogP) is 2.91. The second kappa shape index (κ2) is 6.16. The number of hydrogen-bond donors (Lipinski definition) is 2. The minimum Gasteiger partial charge on any atom is -0.480 e. The number of aliphatic carboxylic acids is 1. The van der Waals surface area contributed by atoms with Gasteiger partial charge in [-0.1, -0.05) is 60.2 Å². The van der Waals surface area contributed by atoms with E-state index in [1.165, 1.54) is 0 Å². The Kier molecular flexibility index (Phi) is 4.31. The standard InChI is InChI=1S/C16H17NO2/c1-12-6-5-9-14(10-12)15(16(18)19)17-11-13-7-3-2-4-8-13/h2-10,15,17H,11H2,1H3,(H,18,19). The zero-order valence-corrected chi connectivity index (χ0v) is 10.8. The predicted molar refractivity (Wildman–Crippen MR) is 74.8 cm³/mol. The van der Waals surface area contributed by atoms with Gasteiger partial charge in [-0.2, -0.15) is 0 Å². The summed E-state index contributed by atoms with van der Waals surface area (Å²) in [5.74, 6) is -0.860. The van der Waals surface area contributed by atoms with Crippen molar-refractivity contribution in [3.8, 4) is 0 Å². The molecule has 0 saturated heterocycles. The minimum atomic E-state index is -0.860. The number of carbonyl (C=O) groups is 1. The van der Waals surface area contributed by atoms with Crippen LogP contribution in [0.1, 0.15) is 22.7 Å². The molecular weight excluding hydrogens is 238 g/mol. The zero-order chi connectivity index (χ0) is 13.7. The number of carboxylic acids is 1. The average molecular weight is 255 g/mol. The van der Waals surface area contributed by atoms with Crippen LogP contribution < -0.4 is 5.32 Å². The number of hydrogen-bond acceptors (Lipinski definition) is 2. The number of aryl methyl sites for hydroxylation is 1. The molecule has 1 atom stereocenters. The molecule has 3 heteroatoms. The van der Waals surface area contributed by atoms with Crippen LogP contribution in [0.25, 0.3) is 0 Å². The van der Waals surface area contributed by atoms with Crippen LogP contribution in [0.5, 0.6) is 0 Å². The molecule has 3 nitrogen and oxygen atoms in total. The van der Waals surface area contributed by atoms with E-state index in [2.05, 4.69) is 5.32 Å². The third-order valence-electron chi connectivity index (χ3n) is 2.98.